The molecule has 0 saturated heterocycles. The highest BCUT2D eigenvalue weighted by atomic mass is 16.5. The van der Waals surface area contributed by atoms with Crippen molar-refractivity contribution in [1.29, 1.82) is 0 Å². The summed E-state index contributed by atoms with van der Waals surface area (Å²) in [6.45, 7) is 0.590. The number of rotatable bonds is 4. The summed E-state index contributed by atoms with van der Waals surface area (Å²) in [6.07, 6.45) is 5.01. The Labute approximate surface area is 135 Å². The summed E-state index contributed by atoms with van der Waals surface area (Å²) >= 11 is 0. The number of aliphatic hydroxyl groups is 1. The molecule has 0 aliphatic heterocycles. The van der Waals surface area contributed by atoms with Crippen LogP contribution in [0, 0.1) is 5.92 Å². The van der Waals surface area contributed by atoms with Crippen LogP contribution < -0.4 is 0 Å². The summed E-state index contributed by atoms with van der Waals surface area (Å²) < 4.78 is 4.72. The molecule has 2 atom stereocenters. The van der Waals surface area contributed by atoms with Crippen molar-refractivity contribution in [3.8, 4) is 11.4 Å². The Kier molecular flexibility index (Phi) is 4.71. The van der Waals surface area contributed by atoms with Crippen LogP contribution >= 0.6 is 0 Å². The molecule has 6 nitrogen and oxygen atoms in total. The highest BCUT2D eigenvalue weighted by molar-refractivity contribution is 5.94. The Morgan fingerprint density at radius 1 is 1.30 bits per heavy atom. The van der Waals surface area contributed by atoms with Crippen molar-refractivity contribution in [2.45, 2.75) is 31.8 Å². The Balaban J connectivity index is 1.65. The van der Waals surface area contributed by atoms with Crippen LogP contribution in [0.2, 0.25) is 0 Å². The molecule has 2 unspecified atom stereocenters. The van der Waals surface area contributed by atoms with E-state index in [0.717, 1.165) is 31.2 Å². The van der Waals surface area contributed by atoms with Gasteiger partial charge in [-0.3, -0.25) is 4.79 Å². The smallest absolute Gasteiger partial charge is 0.253 e. The third-order valence-corrected chi connectivity index (χ3v) is 4.48. The molecule has 2 aromatic rings. The molecule has 1 saturated carbocycles. The fourth-order valence-electron chi connectivity index (χ4n) is 3.12. The highest BCUT2D eigenvalue weighted by Crippen LogP contribution is 2.25. The van der Waals surface area contributed by atoms with Crippen molar-refractivity contribution in [3.63, 3.8) is 0 Å². The molecule has 1 aliphatic carbocycles. The average molecular weight is 315 g/mol. The summed E-state index contributed by atoms with van der Waals surface area (Å²) in [5.74, 6) is 0.640. The molecule has 23 heavy (non-hydrogen) atoms. The number of hydrogen-bond donors (Lipinski definition) is 1. The van der Waals surface area contributed by atoms with Crippen LogP contribution in [-0.4, -0.2) is 45.8 Å². The molecular formula is C17H21N3O3. The van der Waals surface area contributed by atoms with Crippen LogP contribution in [-0.2, 0) is 0 Å². The van der Waals surface area contributed by atoms with E-state index in [0.29, 0.717) is 17.9 Å². The number of carbonyl (C=O) groups is 1. The van der Waals surface area contributed by atoms with E-state index in [2.05, 4.69) is 10.1 Å². The van der Waals surface area contributed by atoms with Crippen molar-refractivity contribution >= 4 is 5.91 Å². The Morgan fingerprint density at radius 3 is 2.70 bits per heavy atom. The predicted molar refractivity (Wildman–Crippen MR) is 84.7 cm³/mol. The van der Waals surface area contributed by atoms with Crippen molar-refractivity contribution in [2.24, 2.45) is 5.92 Å². The van der Waals surface area contributed by atoms with Crippen LogP contribution in [0.5, 0.6) is 0 Å². The number of hydrogen-bond acceptors (Lipinski definition) is 5. The fourth-order valence-corrected chi connectivity index (χ4v) is 3.12. The normalized spacial score (nSPS) is 21.1. The fraction of sp³-hybridized carbons (Fsp3) is 0.471. The van der Waals surface area contributed by atoms with Crippen LogP contribution in [0.25, 0.3) is 11.4 Å². The third kappa shape index (κ3) is 3.59. The average Bonchev–Trinajstić information content (AvgIpc) is 3.11. The quantitative estimate of drug-likeness (QED) is 0.937. The molecule has 122 valence electrons. The lowest BCUT2D eigenvalue weighted by Gasteiger charge is -2.31. The first-order chi connectivity index (χ1) is 11.1. The second-order valence-electron chi connectivity index (χ2n) is 6.13. The first-order valence-electron chi connectivity index (χ1n) is 7.95. The van der Waals surface area contributed by atoms with Gasteiger partial charge in [-0.2, -0.15) is 4.98 Å². The molecule has 1 aromatic heterocycles. The first kappa shape index (κ1) is 15.7. The van der Waals surface area contributed by atoms with Gasteiger partial charge in [0.2, 0.25) is 12.2 Å². The molecule has 3 rings (SSSR count). The molecule has 1 N–H and O–H groups in total. The third-order valence-electron chi connectivity index (χ3n) is 4.48. The molecular weight excluding hydrogens is 294 g/mol. The number of aromatic nitrogens is 2. The zero-order valence-corrected chi connectivity index (χ0v) is 13.2. The molecule has 1 fully saturated rings. The van der Waals surface area contributed by atoms with Crippen molar-refractivity contribution in [1.82, 2.24) is 15.0 Å². The maximum absolute atomic E-state index is 12.5. The van der Waals surface area contributed by atoms with Gasteiger partial charge in [-0.1, -0.05) is 30.1 Å². The maximum Gasteiger partial charge on any atom is 0.253 e. The number of amides is 1. The number of aliphatic hydroxyl groups excluding tert-OH is 1. The topological polar surface area (TPSA) is 79.5 Å². The largest absolute Gasteiger partial charge is 0.393 e. The lowest BCUT2D eigenvalue weighted by atomic mass is 9.86. The summed E-state index contributed by atoms with van der Waals surface area (Å²) in [5, 5.41) is 13.8. The van der Waals surface area contributed by atoms with Crippen LogP contribution in [0.3, 0.4) is 0 Å². The van der Waals surface area contributed by atoms with E-state index in [1.165, 1.54) is 6.39 Å². The summed E-state index contributed by atoms with van der Waals surface area (Å²) in [4.78, 5) is 18.2. The van der Waals surface area contributed by atoms with E-state index < -0.39 is 0 Å². The van der Waals surface area contributed by atoms with E-state index in [-0.39, 0.29) is 17.9 Å². The van der Waals surface area contributed by atoms with Gasteiger partial charge >= 0.3 is 0 Å². The number of nitrogens with zero attached hydrogens (tertiary/aromatic N) is 3. The molecule has 1 aliphatic rings. The number of benzene rings is 1. The second-order valence-corrected chi connectivity index (χ2v) is 6.13. The van der Waals surface area contributed by atoms with Gasteiger partial charge in [0.05, 0.1) is 6.10 Å². The van der Waals surface area contributed by atoms with Gasteiger partial charge in [-0.25, -0.2) is 0 Å². The highest BCUT2D eigenvalue weighted by Gasteiger charge is 2.26. The summed E-state index contributed by atoms with van der Waals surface area (Å²) in [7, 11) is 1.79. The minimum Gasteiger partial charge on any atom is -0.393 e. The van der Waals surface area contributed by atoms with Gasteiger partial charge in [0.15, 0.2) is 0 Å². The SMILES string of the molecule is CN(CC1CCCCC1O)C(=O)c1ccc(-c2ncon2)cc1. The van der Waals surface area contributed by atoms with Gasteiger partial charge in [0, 0.05) is 30.6 Å². The summed E-state index contributed by atoms with van der Waals surface area (Å²) in [6, 6.07) is 7.15. The monoisotopic (exact) mass is 315 g/mol. The van der Waals surface area contributed by atoms with Crippen molar-refractivity contribution < 1.29 is 14.4 Å². The van der Waals surface area contributed by atoms with Gasteiger partial charge in [0.25, 0.3) is 5.91 Å². The van der Waals surface area contributed by atoms with Gasteiger partial charge < -0.3 is 14.5 Å². The molecule has 1 amide bonds. The van der Waals surface area contributed by atoms with Gasteiger partial charge in [-0.05, 0) is 25.0 Å². The van der Waals surface area contributed by atoms with E-state index >= 15 is 0 Å². The molecule has 1 aromatic carbocycles. The Bertz CT molecular complexity index is 640. The van der Waals surface area contributed by atoms with Crippen LogP contribution in [0.1, 0.15) is 36.0 Å². The maximum atomic E-state index is 12.5. The minimum absolute atomic E-state index is 0.0394. The van der Waals surface area contributed by atoms with E-state index in [4.69, 9.17) is 4.52 Å². The molecule has 0 bridgehead atoms. The lowest BCUT2D eigenvalue weighted by Crippen LogP contribution is -2.38. The van der Waals surface area contributed by atoms with E-state index in [1.54, 1.807) is 36.2 Å². The van der Waals surface area contributed by atoms with Crippen molar-refractivity contribution in [2.75, 3.05) is 13.6 Å². The first-order valence-corrected chi connectivity index (χ1v) is 7.95. The second kappa shape index (κ2) is 6.91. The lowest BCUT2D eigenvalue weighted by molar-refractivity contribution is 0.0451. The predicted octanol–water partition coefficient (Wildman–Crippen LogP) is 2.36. The van der Waals surface area contributed by atoms with Crippen LogP contribution in [0.4, 0.5) is 0 Å². The molecule has 0 radical (unpaired) electrons. The zero-order valence-electron chi connectivity index (χ0n) is 13.2. The van der Waals surface area contributed by atoms with Gasteiger partial charge in [0.1, 0.15) is 0 Å². The van der Waals surface area contributed by atoms with E-state index in [1.807, 2.05) is 0 Å². The van der Waals surface area contributed by atoms with E-state index in [9.17, 15) is 9.90 Å². The number of carbonyl (C=O) groups excluding carboxylic acids is 1. The van der Waals surface area contributed by atoms with Crippen LogP contribution in [0.15, 0.2) is 35.2 Å². The zero-order chi connectivity index (χ0) is 16.2. The molecule has 1 heterocycles. The standard InChI is InChI=1S/C17H21N3O3/c1-20(10-14-4-2-3-5-15(14)21)17(22)13-8-6-12(7-9-13)16-18-11-23-19-16/h6-9,11,14-15,21H,2-5,10H2,1H3. The minimum atomic E-state index is -0.292. The molecule has 6 heteroatoms. The Hall–Kier alpha value is -2.21. The van der Waals surface area contributed by atoms with Gasteiger partial charge in [-0.15, -0.1) is 0 Å². The van der Waals surface area contributed by atoms with Crippen molar-refractivity contribution in [3.05, 3.63) is 36.2 Å². The molecule has 0 spiro atoms. The summed E-state index contributed by atoms with van der Waals surface area (Å²) in [5.41, 5.74) is 1.42. The Morgan fingerprint density at radius 2 is 2.04 bits per heavy atom.